The molecule has 0 aliphatic carbocycles. The zero-order valence-corrected chi connectivity index (χ0v) is 19.1. The maximum atomic E-state index is 13.0. The van der Waals surface area contributed by atoms with E-state index in [4.69, 9.17) is 4.74 Å². The topological polar surface area (TPSA) is 63.5 Å². The van der Waals surface area contributed by atoms with Crippen molar-refractivity contribution < 1.29 is 27.8 Å². The van der Waals surface area contributed by atoms with E-state index in [0.717, 1.165) is 34.2 Å². The number of rotatable bonds is 9. The maximum absolute atomic E-state index is 13.0. The molecule has 4 aromatic rings. The molecule has 1 heterocycles. The van der Waals surface area contributed by atoms with Gasteiger partial charge in [0, 0.05) is 42.3 Å². The fraction of sp³-hybridized carbons (Fsp3) is 0.222. The molecule has 4 rings (SSSR count). The molecule has 0 atom stereocenters. The van der Waals surface area contributed by atoms with Crippen molar-refractivity contribution in [1.29, 1.82) is 0 Å². The Hall–Kier alpha value is -3.78. The molecular weight excluding hydrogens is 457 g/mol. The van der Waals surface area contributed by atoms with Crippen LogP contribution in [-0.4, -0.2) is 22.8 Å². The minimum atomic E-state index is -4.39. The fourth-order valence-electron chi connectivity index (χ4n) is 4.18. The van der Waals surface area contributed by atoms with Crippen LogP contribution in [0.3, 0.4) is 0 Å². The third kappa shape index (κ3) is 5.84. The molecule has 8 heteroatoms. The highest BCUT2D eigenvalue weighted by Gasteiger charge is 2.30. The summed E-state index contributed by atoms with van der Waals surface area (Å²) in [5, 5.41) is 13.4. The summed E-state index contributed by atoms with van der Waals surface area (Å²) in [6, 6.07) is 18.8. The smallest absolute Gasteiger partial charge is 0.416 e. The van der Waals surface area contributed by atoms with Crippen LogP contribution in [0, 0.1) is 0 Å². The zero-order valence-electron chi connectivity index (χ0n) is 19.1. The molecule has 35 heavy (non-hydrogen) atoms. The number of benzene rings is 3. The summed E-state index contributed by atoms with van der Waals surface area (Å²) >= 11 is 0. The molecule has 3 aromatic carbocycles. The van der Waals surface area contributed by atoms with Gasteiger partial charge in [0.2, 0.25) is 0 Å². The number of nitrogens with one attached hydrogen (secondary N) is 1. The number of methoxy groups -OCH3 is 1. The Morgan fingerprint density at radius 3 is 2.40 bits per heavy atom. The van der Waals surface area contributed by atoms with E-state index in [1.54, 1.807) is 6.07 Å². The second kappa shape index (κ2) is 10.2. The highest BCUT2D eigenvalue weighted by atomic mass is 19.4. The molecule has 0 radical (unpaired) electrons. The van der Waals surface area contributed by atoms with E-state index in [2.05, 4.69) is 5.32 Å². The number of aromatic nitrogens is 1. The lowest BCUT2D eigenvalue weighted by molar-refractivity contribution is -0.138. The maximum Gasteiger partial charge on any atom is 0.416 e. The molecule has 0 saturated heterocycles. The lowest BCUT2D eigenvalue weighted by atomic mass is 10.1. The van der Waals surface area contributed by atoms with Gasteiger partial charge in [-0.05, 0) is 34.9 Å². The van der Waals surface area contributed by atoms with Gasteiger partial charge in [-0.3, -0.25) is 4.79 Å². The van der Waals surface area contributed by atoms with Gasteiger partial charge < -0.3 is 19.7 Å². The van der Waals surface area contributed by atoms with Gasteiger partial charge in [0.05, 0.1) is 19.1 Å². The summed E-state index contributed by atoms with van der Waals surface area (Å²) < 4.78 is 46.6. The summed E-state index contributed by atoms with van der Waals surface area (Å²) in [6.45, 7) is 1.18. The number of carbonyl (C=O) groups is 1. The largest absolute Gasteiger partial charge is 0.496 e. The molecular formula is C27H25F3N2O3. The molecule has 0 bridgehead atoms. The number of hydrogen-bond donors (Lipinski definition) is 2. The zero-order chi connectivity index (χ0) is 25.0. The minimum Gasteiger partial charge on any atom is -0.496 e. The SMILES string of the molecule is COc1cc2c(CC(=O)O)cn(Cc3ccccc3)c2cc1CNCc1cccc(C(F)(F)F)c1. The first-order valence-electron chi connectivity index (χ1n) is 11.1. The van der Waals surface area contributed by atoms with Crippen LogP contribution in [0.5, 0.6) is 5.75 Å². The van der Waals surface area contributed by atoms with Crippen LogP contribution in [0.25, 0.3) is 10.9 Å². The lowest BCUT2D eigenvalue weighted by Crippen LogP contribution is -2.14. The van der Waals surface area contributed by atoms with E-state index in [0.29, 0.717) is 30.0 Å². The standard InChI is InChI=1S/C27H25F3N2O3/c1-35-25-13-23-21(12-26(33)34)17-32(16-18-6-3-2-4-7-18)24(23)11-20(25)15-31-14-19-8-5-9-22(10-19)27(28,29)30/h2-11,13,17,31H,12,14-16H2,1H3,(H,33,34). The number of carboxylic acids is 1. The van der Waals surface area contributed by atoms with Crippen LogP contribution in [0.2, 0.25) is 0 Å². The van der Waals surface area contributed by atoms with Gasteiger partial charge in [-0.25, -0.2) is 0 Å². The van der Waals surface area contributed by atoms with E-state index in [9.17, 15) is 23.1 Å². The number of alkyl halides is 3. The first-order chi connectivity index (χ1) is 16.7. The van der Waals surface area contributed by atoms with Gasteiger partial charge in [-0.15, -0.1) is 0 Å². The predicted octanol–water partition coefficient (Wildman–Crippen LogP) is 5.63. The van der Waals surface area contributed by atoms with E-state index in [1.165, 1.54) is 13.2 Å². The average molecular weight is 483 g/mol. The molecule has 0 unspecified atom stereocenters. The fourth-order valence-corrected chi connectivity index (χ4v) is 4.18. The van der Waals surface area contributed by atoms with Gasteiger partial charge in [-0.2, -0.15) is 13.2 Å². The van der Waals surface area contributed by atoms with Gasteiger partial charge in [0.1, 0.15) is 5.75 Å². The van der Waals surface area contributed by atoms with Crippen molar-refractivity contribution >= 4 is 16.9 Å². The third-order valence-corrected chi connectivity index (χ3v) is 5.80. The van der Waals surface area contributed by atoms with Crippen molar-refractivity contribution in [3.05, 3.63) is 101 Å². The first-order valence-corrected chi connectivity index (χ1v) is 11.1. The van der Waals surface area contributed by atoms with E-state index in [-0.39, 0.29) is 13.0 Å². The van der Waals surface area contributed by atoms with Crippen molar-refractivity contribution in [2.75, 3.05) is 7.11 Å². The van der Waals surface area contributed by atoms with Crippen molar-refractivity contribution in [3.63, 3.8) is 0 Å². The molecule has 0 saturated carbocycles. The van der Waals surface area contributed by atoms with E-state index >= 15 is 0 Å². The summed E-state index contributed by atoms with van der Waals surface area (Å²) in [4.78, 5) is 11.4. The first kappa shape index (κ1) is 24.3. The molecule has 2 N–H and O–H groups in total. The Morgan fingerprint density at radius 1 is 0.971 bits per heavy atom. The lowest BCUT2D eigenvalue weighted by Gasteiger charge is -2.13. The van der Waals surface area contributed by atoms with E-state index in [1.807, 2.05) is 53.2 Å². The molecule has 0 aliphatic rings. The molecule has 0 aliphatic heterocycles. The van der Waals surface area contributed by atoms with E-state index < -0.39 is 17.7 Å². The van der Waals surface area contributed by atoms with Crippen molar-refractivity contribution in [2.24, 2.45) is 0 Å². The Bertz CT molecular complexity index is 1330. The Morgan fingerprint density at radius 2 is 1.71 bits per heavy atom. The highest BCUT2D eigenvalue weighted by molar-refractivity contribution is 5.89. The summed E-state index contributed by atoms with van der Waals surface area (Å²) in [5.74, 6) is -0.340. The Balaban J connectivity index is 1.62. The van der Waals surface area contributed by atoms with Crippen LogP contribution in [0.15, 0.2) is 72.9 Å². The van der Waals surface area contributed by atoms with Crippen molar-refractivity contribution in [1.82, 2.24) is 9.88 Å². The van der Waals surface area contributed by atoms with Crippen LogP contribution in [-0.2, 0) is 37.0 Å². The number of hydrogen-bond acceptors (Lipinski definition) is 3. The van der Waals surface area contributed by atoms with Crippen molar-refractivity contribution in [2.45, 2.75) is 32.2 Å². The summed E-state index contributed by atoms with van der Waals surface area (Å²) in [6.07, 6.45) is -2.65. The normalized spacial score (nSPS) is 11.7. The van der Waals surface area contributed by atoms with Gasteiger partial charge in [-0.1, -0.05) is 48.5 Å². The predicted molar refractivity (Wildman–Crippen MR) is 127 cm³/mol. The number of nitrogens with zero attached hydrogens (tertiary/aromatic N) is 1. The van der Waals surface area contributed by atoms with Crippen LogP contribution in [0.4, 0.5) is 13.2 Å². The Labute approximate surface area is 200 Å². The number of halogens is 3. The molecule has 0 spiro atoms. The minimum absolute atomic E-state index is 0.116. The molecule has 0 fully saturated rings. The number of carboxylic acid groups (broad SMARTS) is 1. The quantitative estimate of drug-likeness (QED) is 0.324. The summed E-state index contributed by atoms with van der Waals surface area (Å²) in [7, 11) is 1.54. The third-order valence-electron chi connectivity index (χ3n) is 5.80. The Kier molecular flexibility index (Phi) is 7.12. The molecule has 1 aromatic heterocycles. The van der Waals surface area contributed by atoms with Crippen LogP contribution < -0.4 is 10.1 Å². The highest BCUT2D eigenvalue weighted by Crippen LogP contribution is 2.32. The molecule has 5 nitrogen and oxygen atoms in total. The number of fused-ring (bicyclic) bond motifs is 1. The average Bonchev–Trinajstić information content (AvgIpc) is 3.14. The number of ether oxygens (including phenoxy) is 1. The van der Waals surface area contributed by atoms with Gasteiger partial charge >= 0.3 is 12.1 Å². The monoisotopic (exact) mass is 482 g/mol. The van der Waals surface area contributed by atoms with Gasteiger partial charge in [0.15, 0.2) is 0 Å². The van der Waals surface area contributed by atoms with Crippen LogP contribution >= 0.6 is 0 Å². The second-order valence-corrected chi connectivity index (χ2v) is 8.32. The molecule has 182 valence electrons. The number of aliphatic carboxylic acids is 1. The second-order valence-electron chi connectivity index (χ2n) is 8.32. The van der Waals surface area contributed by atoms with Gasteiger partial charge in [0.25, 0.3) is 0 Å². The van der Waals surface area contributed by atoms with Crippen LogP contribution in [0.1, 0.15) is 27.8 Å². The van der Waals surface area contributed by atoms with Crippen molar-refractivity contribution in [3.8, 4) is 5.75 Å². The molecule has 0 amide bonds. The summed E-state index contributed by atoms with van der Waals surface area (Å²) in [5.41, 5.74) is 3.29.